The smallest absolute Gasteiger partial charge is 0.198 e. The molecule has 4 nitrogen and oxygen atoms in total. The van der Waals surface area contributed by atoms with E-state index in [1.807, 2.05) is 6.92 Å². The van der Waals surface area contributed by atoms with Gasteiger partial charge in [0.15, 0.2) is 10.8 Å². The van der Waals surface area contributed by atoms with E-state index in [2.05, 4.69) is 26.5 Å². The van der Waals surface area contributed by atoms with Crippen molar-refractivity contribution in [2.24, 2.45) is 0 Å². The average molecular weight is 293 g/mol. The van der Waals surface area contributed by atoms with Crippen molar-refractivity contribution in [3.05, 3.63) is 22.4 Å². The topological polar surface area (TPSA) is 43.1 Å². The Bertz CT molecular complexity index is 612. The van der Waals surface area contributed by atoms with E-state index in [1.165, 1.54) is 44.9 Å². The van der Waals surface area contributed by atoms with E-state index in [-0.39, 0.29) is 0 Å². The van der Waals surface area contributed by atoms with Crippen molar-refractivity contribution >= 4 is 17.2 Å². The van der Waals surface area contributed by atoms with Crippen LogP contribution in [0.5, 0.6) is 0 Å². The summed E-state index contributed by atoms with van der Waals surface area (Å²) < 4.78 is 2.12. The predicted octanol–water partition coefficient (Wildman–Crippen LogP) is 4.22. The molecule has 2 heterocycles. The van der Waals surface area contributed by atoms with Crippen LogP contribution in [0.25, 0.3) is 5.65 Å². The highest BCUT2D eigenvalue weighted by Crippen LogP contribution is 2.31. The molecule has 108 valence electrons. The molecule has 0 aromatic carbocycles. The molecule has 0 unspecified atom stereocenters. The summed E-state index contributed by atoms with van der Waals surface area (Å²) in [6, 6.07) is 0. The second kappa shape index (κ2) is 5.68. The lowest BCUT2D eigenvalue weighted by atomic mass is 9.90. The van der Waals surface area contributed by atoms with Crippen molar-refractivity contribution in [1.82, 2.24) is 19.6 Å². The van der Waals surface area contributed by atoms with Gasteiger partial charge in [0, 0.05) is 11.6 Å². The predicted molar refractivity (Wildman–Crippen MR) is 80.3 cm³/mol. The quantitative estimate of drug-likeness (QED) is 0.790. The summed E-state index contributed by atoms with van der Waals surface area (Å²) in [5, 5.41) is 9.17. The Hall–Kier alpha value is -1.16. The van der Waals surface area contributed by atoms with Crippen LogP contribution >= 0.6 is 11.6 Å². The summed E-state index contributed by atoms with van der Waals surface area (Å²) >= 11 is 6.21. The molecule has 1 aliphatic rings. The number of halogens is 1. The minimum Gasteiger partial charge on any atom is -0.279 e. The molecule has 0 aliphatic heterocycles. The van der Waals surface area contributed by atoms with Crippen LogP contribution < -0.4 is 0 Å². The second-order valence-electron chi connectivity index (χ2n) is 5.83. The molecule has 0 amide bonds. The van der Waals surface area contributed by atoms with Crippen molar-refractivity contribution in [2.45, 2.75) is 64.7 Å². The third-order valence-electron chi connectivity index (χ3n) is 4.47. The second-order valence-corrected chi connectivity index (χ2v) is 6.19. The van der Waals surface area contributed by atoms with E-state index in [0.717, 1.165) is 17.2 Å². The number of fused-ring (bicyclic) bond motifs is 1. The third kappa shape index (κ3) is 2.41. The highest BCUT2D eigenvalue weighted by atomic mass is 35.5. The standard InChI is InChI=1S/C15H21ClN4/c1-10-11(2)20-14(18-19-15(20)13(16)17-10)12-8-6-4-3-5-7-9-12/h12H,3-9H2,1-2H3. The van der Waals surface area contributed by atoms with Crippen LogP contribution in [0.15, 0.2) is 0 Å². The van der Waals surface area contributed by atoms with Crippen LogP contribution in [-0.4, -0.2) is 19.6 Å². The maximum Gasteiger partial charge on any atom is 0.198 e. The van der Waals surface area contributed by atoms with Gasteiger partial charge in [-0.2, -0.15) is 0 Å². The number of rotatable bonds is 1. The van der Waals surface area contributed by atoms with Crippen LogP contribution in [0.4, 0.5) is 0 Å². The first kappa shape index (κ1) is 13.8. The van der Waals surface area contributed by atoms with Crippen molar-refractivity contribution in [1.29, 1.82) is 0 Å². The maximum atomic E-state index is 6.21. The van der Waals surface area contributed by atoms with Crippen molar-refractivity contribution < 1.29 is 0 Å². The molecule has 0 spiro atoms. The summed E-state index contributed by atoms with van der Waals surface area (Å²) in [7, 11) is 0. The number of aromatic nitrogens is 4. The minimum atomic E-state index is 0.456. The average Bonchev–Trinajstić information content (AvgIpc) is 2.81. The van der Waals surface area contributed by atoms with E-state index in [1.54, 1.807) is 0 Å². The van der Waals surface area contributed by atoms with Gasteiger partial charge in [0.1, 0.15) is 5.82 Å². The number of aryl methyl sites for hydroxylation is 2. The van der Waals surface area contributed by atoms with Crippen LogP contribution in [-0.2, 0) is 0 Å². The highest BCUT2D eigenvalue weighted by molar-refractivity contribution is 6.32. The van der Waals surface area contributed by atoms with Gasteiger partial charge < -0.3 is 0 Å². The Morgan fingerprint density at radius 3 is 2.35 bits per heavy atom. The number of hydrogen-bond acceptors (Lipinski definition) is 3. The van der Waals surface area contributed by atoms with Gasteiger partial charge in [0.25, 0.3) is 0 Å². The fourth-order valence-electron chi connectivity index (χ4n) is 3.18. The van der Waals surface area contributed by atoms with E-state index in [4.69, 9.17) is 11.6 Å². The Labute approximate surface area is 124 Å². The van der Waals surface area contributed by atoms with Crippen molar-refractivity contribution in [2.75, 3.05) is 0 Å². The summed E-state index contributed by atoms with van der Waals surface area (Å²) in [4.78, 5) is 4.34. The molecule has 1 aliphatic carbocycles. The zero-order chi connectivity index (χ0) is 14.1. The molecule has 0 N–H and O–H groups in total. The number of hydrogen-bond donors (Lipinski definition) is 0. The van der Waals surface area contributed by atoms with E-state index in [0.29, 0.717) is 16.7 Å². The van der Waals surface area contributed by atoms with Gasteiger partial charge in [-0.05, 0) is 26.7 Å². The number of nitrogens with zero attached hydrogens (tertiary/aromatic N) is 4. The van der Waals surface area contributed by atoms with Gasteiger partial charge in [-0.3, -0.25) is 4.40 Å². The lowest BCUT2D eigenvalue weighted by Crippen LogP contribution is -2.10. The SMILES string of the molecule is Cc1nc(Cl)c2nnc(C3CCCCCCC3)n2c1C. The molecule has 0 radical (unpaired) electrons. The van der Waals surface area contributed by atoms with Crippen LogP contribution in [0.1, 0.15) is 68.1 Å². The molecule has 20 heavy (non-hydrogen) atoms. The monoisotopic (exact) mass is 292 g/mol. The van der Waals surface area contributed by atoms with Gasteiger partial charge >= 0.3 is 0 Å². The van der Waals surface area contributed by atoms with Gasteiger partial charge in [-0.1, -0.05) is 43.7 Å². The third-order valence-corrected chi connectivity index (χ3v) is 4.72. The first-order valence-electron chi connectivity index (χ1n) is 7.56. The Kier molecular flexibility index (Phi) is 3.92. The Morgan fingerprint density at radius 1 is 1.00 bits per heavy atom. The zero-order valence-electron chi connectivity index (χ0n) is 12.2. The van der Waals surface area contributed by atoms with Crippen LogP contribution in [0, 0.1) is 13.8 Å². The first-order chi connectivity index (χ1) is 9.68. The highest BCUT2D eigenvalue weighted by Gasteiger charge is 2.22. The van der Waals surface area contributed by atoms with Crippen LogP contribution in [0.3, 0.4) is 0 Å². The molecule has 0 bridgehead atoms. The Balaban J connectivity index is 2.06. The molecule has 5 heteroatoms. The van der Waals surface area contributed by atoms with Gasteiger partial charge in [0.2, 0.25) is 0 Å². The Morgan fingerprint density at radius 2 is 1.65 bits per heavy atom. The zero-order valence-corrected chi connectivity index (χ0v) is 12.9. The summed E-state index contributed by atoms with van der Waals surface area (Å²) in [6.45, 7) is 4.06. The van der Waals surface area contributed by atoms with Crippen molar-refractivity contribution in [3.8, 4) is 0 Å². The van der Waals surface area contributed by atoms with Gasteiger partial charge in [0.05, 0.1) is 5.69 Å². The maximum absolute atomic E-state index is 6.21. The lowest BCUT2D eigenvalue weighted by Gasteiger charge is -2.19. The molecule has 3 rings (SSSR count). The molecule has 2 aromatic heterocycles. The van der Waals surface area contributed by atoms with Gasteiger partial charge in [-0.25, -0.2) is 4.98 Å². The van der Waals surface area contributed by atoms with E-state index < -0.39 is 0 Å². The molecule has 2 aromatic rings. The molecule has 1 saturated carbocycles. The molecule has 1 fully saturated rings. The van der Waals surface area contributed by atoms with Gasteiger partial charge in [-0.15, -0.1) is 10.2 Å². The first-order valence-corrected chi connectivity index (χ1v) is 7.94. The lowest BCUT2D eigenvalue weighted by molar-refractivity contribution is 0.439. The summed E-state index contributed by atoms with van der Waals surface area (Å²) in [5.41, 5.74) is 2.76. The van der Waals surface area contributed by atoms with Crippen LogP contribution in [0.2, 0.25) is 5.15 Å². The van der Waals surface area contributed by atoms with E-state index >= 15 is 0 Å². The molecule has 0 saturated heterocycles. The molecule has 0 atom stereocenters. The minimum absolute atomic E-state index is 0.456. The summed E-state index contributed by atoms with van der Waals surface area (Å²) in [5.74, 6) is 1.58. The molecular formula is C15H21ClN4. The largest absolute Gasteiger partial charge is 0.279 e. The van der Waals surface area contributed by atoms with E-state index in [9.17, 15) is 0 Å². The fraction of sp³-hybridized carbons (Fsp3) is 0.667. The fourth-order valence-corrected chi connectivity index (χ4v) is 3.43. The normalized spacial score (nSPS) is 18.1. The molecular weight excluding hydrogens is 272 g/mol. The van der Waals surface area contributed by atoms with Crippen molar-refractivity contribution in [3.63, 3.8) is 0 Å². The summed E-state index contributed by atoms with van der Waals surface area (Å²) in [6.07, 6.45) is 9.05.